The van der Waals surface area contributed by atoms with Crippen LogP contribution in [0.5, 0.6) is 5.75 Å². The first kappa shape index (κ1) is 16.9. The summed E-state index contributed by atoms with van der Waals surface area (Å²) in [7, 11) is 0. The van der Waals surface area contributed by atoms with Gasteiger partial charge in [-0.2, -0.15) is 0 Å². The molecule has 0 aliphatic carbocycles. The summed E-state index contributed by atoms with van der Waals surface area (Å²) in [5.74, 6) is 0.587. The van der Waals surface area contributed by atoms with Crippen molar-refractivity contribution < 1.29 is 9.53 Å². The van der Waals surface area contributed by atoms with Crippen molar-refractivity contribution in [2.75, 3.05) is 0 Å². The van der Waals surface area contributed by atoms with Crippen LogP contribution in [0.4, 0.5) is 0 Å². The van der Waals surface area contributed by atoms with Crippen molar-refractivity contribution >= 4 is 12.0 Å². The van der Waals surface area contributed by atoms with Crippen LogP contribution in [-0.2, 0) is 4.79 Å². The number of para-hydroxylation sites is 1. The Morgan fingerprint density at radius 2 is 1.37 bits per heavy atom. The van der Waals surface area contributed by atoms with E-state index in [2.05, 4.69) is 5.32 Å². The highest BCUT2D eigenvalue weighted by molar-refractivity contribution is 6.01. The standard InChI is InChI=1S/C24H19NO2/c26-24(21-15-16-27-22-14-8-7-13-20(22)17-21)25-23(18-9-3-1-4-10-18)19-11-5-2-6-12-19/h1-17,23H,(H,25,26). The van der Waals surface area contributed by atoms with E-state index in [1.807, 2.05) is 91.0 Å². The van der Waals surface area contributed by atoms with Gasteiger partial charge in [0, 0.05) is 11.1 Å². The number of hydrogen-bond donors (Lipinski definition) is 1. The Balaban J connectivity index is 1.66. The van der Waals surface area contributed by atoms with Crippen LogP contribution >= 0.6 is 0 Å². The van der Waals surface area contributed by atoms with Crippen LogP contribution in [0, 0.1) is 0 Å². The first-order chi connectivity index (χ1) is 13.3. The van der Waals surface area contributed by atoms with E-state index >= 15 is 0 Å². The second-order valence-electron chi connectivity index (χ2n) is 6.29. The van der Waals surface area contributed by atoms with Gasteiger partial charge in [-0.25, -0.2) is 0 Å². The minimum atomic E-state index is -0.228. The molecule has 0 unspecified atom stereocenters. The van der Waals surface area contributed by atoms with Crippen LogP contribution in [0.2, 0.25) is 0 Å². The predicted molar refractivity (Wildman–Crippen MR) is 107 cm³/mol. The molecule has 3 aromatic rings. The number of hydrogen-bond acceptors (Lipinski definition) is 2. The van der Waals surface area contributed by atoms with Gasteiger partial charge in [0.15, 0.2) is 0 Å². The van der Waals surface area contributed by atoms with Crippen LogP contribution in [0.1, 0.15) is 22.7 Å². The van der Waals surface area contributed by atoms with E-state index < -0.39 is 0 Å². The fourth-order valence-corrected chi connectivity index (χ4v) is 3.11. The van der Waals surface area contributed by atoms with Crippen molar-refractivity contribution in [1.29, 1.82) is 0 Å². The van der Waals surface area contributed by atoms with Gasteiger partial charge in [-0.15, -0.1) is 0 Å². The minimum absolute atomic E-state index is 0.149. The SMILES string of the molecule is O=C(NC(c1ccccc1)c1ccccc1)C1=Cc2ccccc2OC=C1. The molecule has 0 aromatic heterocycles. The Bertz CT molecular complexity index is 952. The van der Waals surface area contributed by atoms with E-state index in [9.17, 15) is 4.79 Å². The van der Waals surface area contributed by atoms with E-state index in [1.165, 1.54) is 0 Å². The fraction of sp³-hybridized carbons (Fsp3) is 0.0417. The molecule has 0 saturated heterocycles. The number of ether oxygens (including phenoxy) is 1. The maximum atomic E-state index is 13.0. The van der Waals surface area contributed by atoms with Crippen LogP contribution in [0.15, 0.2) is 103 Å². The lowest BCUT2D eigenvalue weighted by Crippen LogP contribution is -2.30. The van der Waals surface area contributed by atoms with Crippen molar-refractivity contribution in [3.63, 3.8) is 0 Å². The molecule has 0 atom stereocenters. The topological polar surface area (TPSA) is 38.3 Å². The zero-order valence-electron chi connectivity index (χ0n) is 14.7. The molecule has 1 N–H and O–H groups in total. The van der Waals surface area contributed by atoms with Gasteiger partial charge < -0.3 is 10.1 Å². The number of fused-ring (bicyclic) bond motifs is 1. The molecule has 1 aliphatic heterocycles. The van der Waals surface area contributed by atoms with Gasteiger partial charge in [-0.1, -0.05) is 78.9 Å². The molecule has 3 aromatic carbocycles. The van der Waals surface area contributed by atoms with E-state index in [0.29, 0.717) is 5.57 Å². The molecule has 1 amide bonds. The molecule has 0 saturated carbocycles. The Morgan fingerprint density at radius 3 is 2.04 bits per heavy atom. The summed E-state index contributed by atoms with van der Waals surface area (Å²) in [5, 5.41) is 3.16. The molecule has 4 rings (SSSR count). The van der Waals surface area contributed by atoms with Crippen LogP contribution < -0.4 is 10.1 Å². The first-order valence-corrected chi connectivity index (χ1v) is 8.86. The molecular weight excluding hydrogens is 334 g/mol. The quantitative estimate of drug-likeness (QED) is 0.726. The summed E-state index contributed by atoms with van der Waals surface area (Å²) in [6.07, 6.45) is 5.10. The van der Waals surface area contributed by atoms with Gasteiger partial charge in [-0.05, 0) is 29.3 Å². The molecule has 0 radical (unpaired) electrons. The molecule has 0 spiro atoms. The van der Waals surface area contributed by atoms with Gasteiger partial charge in [0.25, 0.3) is 5.91 Å². The normalized spacial score (nSPS) is 12.6. The lowest BCUT2D eigenvalue weighted by atomic mass is 9.98. The number of amides is 1. The minimum Gasteiger partial charge on any atom is -0.464 e. The lowest BCUT2D eigenvalue weighted by Gasteiger charge is -2.20. The molecule has 27 heavy (non-hydrogen) atoms. The van der Waals surface area contributed by atoms with E-state index in [1.54, 1.807) is 12.3 Å². The maximum absolute atomic E-state index is 13.0. The van der Waals surface area contributed by atoms with Crippen molar-refractivity contribution in [2.45, 2.75) is 6.04 Å². The first-order valence-electron chi connectivity index (χ1n) is 8.86. The number of carbonyl (C=O) groups excluding carboxylic acids is 1. The van der Waals surface area contributed by atoms with Gasteiger partial charge in [0.2, 0.25) is 0 Å². The molecule has 0 fully saturated rings. The Hall–Kier alpha value is -3.59. The van der Waals surface area contributed by atoms with E-state index in [-0.39, 0.29) is 11.9 Å². The van der Waals surface area contributed by atoms with Crippen molar-refractivity contribution in [2.24, 2.45) is 0 Å². The Morgan fingerprint density at radius 1 is 0.778 bits per heavy atom. The average Bonchev–Trinajstić information content (AvgIpc) is 2.96. The number of rotatable bonds is 4. The third kappa shape index (κ3) is 3.82. The molecule has 3 heteroatoms. The summed E-state index contributed by atoms with van der Waals surface area (Å²) in [4.78, 5) is 13.0. The summed E-state index contributed by atoms with van der Waals surface area (Å²) in [6, 6.07) is 27.4. The smallest absolute Gasteiger partial charge is 0.252 e. The summed E-state index contributed by atoms with van der Waals surface area (Å²) < 4.78 is 5.59. The highest BCUT2D eigenvalue weighted by Crippen LogP contribution is 2.26. The Kier molecular flexibility index (Phi) is 4.84. The molecule has 1 aliphatic rings. The average molecular weight is 353 g/mol. The zero-order chi connectivity index (χ0) is 18.5. The summed E-state index contributed by atoms with van der Waals surface area (Å²) in [6.45, 7) is 0. The number of carbonyl (C=O) groups is 1. The molecule has 1 heterocycles. The van der Waals surface area contributed by atoms with Gasteiger partial charge in [0.05, 0.1) is 12.3 Å². The number of benzene rings is 3. The highest BCUT2D eigenvalue weighted by atomic mass is 16.5. The third-order valence-electron chi connectivity index (χ3n) is 4.48. The predicted octanol–water partition coefficient (Wildman–Crippen LogP) is 4.88. The van der Waals surface area contributed by atoms with Crippen LogP contribution in [0.25, 0.3) is 6.08 Å². The van der Waals surface area contributed by atoms with Crippen LogP contribution in [-0.4, -0.2) is 5.91 Å². The van der Waals surface area contributed by atoms with E-state index in [4.69, 9.17) is 4.74 Å². The molecule has 0 bridgehead atoms. The van der Waals surface area contributed by atoms with Crippen molar-refractivity contribution in [3.05, 3.63) is 120 Å². The van der Waals surface area contributed by atoms with Crippen molar-refractivity contribution in [3.8, 4) is 5.75 Å². The van der Waals surface area contributed by atoms with Crippen molar-refractivity contribution in [1.82, 2.24) is 5.32 Å². The highest BCUT2D eigenvalue weighted by Gasteiger charge is 2.19. The van der Waals surface area contributed by atoms with Gasteiger partial charge in [-0.3, -0.25) is 4.79 Å². The second-order valence-corrected chi connectivity index (χ2v) is 6.29. The van der Waals surface area contributed by atoms with Gasteiger partial charge >= 0.3 is 0 Å². The zero-order valence-corrected chi connectivity index (χ0v) is 14.7. The van der Waals surface area contributed by atoms with Gasteiger partial charge in [0.1, 0.15) is 5.75 Å². The fourth-order valence-electron chi connectivity index (χ4n) is 3.11. The Labute approximate surface area is 158 Å². The second kappa shape index (κ2) is 7.75. The monoisotopic (exact) mass is 353 g/mol. The summed E-state index contributed by atoms with van der Waals surface area (Å²) >= 11 is 0. The lowest BCUT2D eigenvalue weighted by molar-refractivity contribution is -0.117. The maximum Gasteiger partial charge on any atom is 0.252 e. The molecule has 3 nitrogen and oxygen atoms in total. The molecule has 132 valence electrons. The van der Waals surface area contributed by atoms with E-state index in [0.717, 1.165) is 22.4 Å². The largest absolute Gasteiger partial charge is 0.464 e. The third-order valence-corrected chi connectivity index (χ3v) is 4.48. The van der Waals surface area contributed by atoms with Crippen LogP contribution in [0.3, 0.4) is 0 Å². The summed E-state index contributed by atoms with van der Waals surface area (Å²) in [5.41, 5.74) is 3.50. The molecular formula is C24H19NO2. The number of nitrogens with one attached hydrogen (secondary N) is 1.